The number of tetrazole rings is 2. The Bertz CT molecular complexity index is 960. The van der Waals surface area contributed by atoms with Crippen LogP contribution in [0.3, 0.4) is 0 Å². The molecule has 0 saturated heterocycles. The highest BCUT2D eigenvalue weighted by Crippen LogP contribution is 1.89. The molecule has 138 valence electrons. The standard InChI is InChI=1S/C13H16N8O5/c1-10(22)4-8-20-12(24)18(14-16-20)6-3-7-19-13(25)21(17-15-19)9-5-11(23)26-2/h4-5,8-9H,3,6-7H2,1-2H3/b8-4+,9-5-. The van der Waals surface area contributed by atoms with E-state index in [0.29, 0.717) is 6.42 Å². The Morgan fingerprint density at radius 3 is 1.88 bits per heavy atom. The molecular weight excluding hydrogens is 348 g/mol. The molecule has 0 amide bonds. The van der Waals surface area contributed by atoms with E-state index in [1.165, 1.54) is 26.3 Å². The number of ketones is 1. The van der Waals surface area contributed by atoms with Gasteiger partial charge in [-0.05, 0) is 40.3 Å². The third-order valence-electron chi connectivity index (χ3n) is 3.07. The van der Waals surface area contributed by atoms with E-state index >= 15 is 0 Å². The average molecular weight is 364 g/mol. The van der Waals surface area contributed by atoms with E-state index in [4.69, 9.17) is 0 Å². The summed E-state index contributed by atoms with van der Waals surface area (Å²) in [5.74, 6) is -0.858. The number of hydrogen-bond acceptors (Lipinski definition) is 9. The van der Waals surface area contributed by atoms with Crippen molar-refractivity contribution in [1.29, 1.82) is 0 Å². The molecule has 13 heteroatoms. The quantitative estimate of drug-likeness (QED) is 0.382. The lowest BCUT2D eigenvalue weighted by Gasteiger charge is -1.98. The first-order chi connectivity index (χ1) is 12.4. The number of carbonyl (C=O) groups is 2. The molecule has 0 aromatic carbocycles. The molecular formula is C13H16N8O5. The highest BCUT2D eigenvalue weighted by Gasteiger charge is 2.08. The van der Waals surface area contributed by atoms with Crippen molar-refractivity contribution >= 4 is 24.2 Å². The van der Waals surface area contributed by atoms with Gasteiger partial charge in [-0.1, -0.05) is 0 Å². The molecule has 0 atom stereocenters. The molecule has 0 saturated carbocycles. The largest absolute Gasteiger partial charge is 0.466 e. The lowest BCUT2D eigenvalue weighted by molar-refractivity contribution is -0.134. The monoisotopic (exact) mass is 364 g/mol. The first-order valence-electron chi connectivity index (χ1n) is 7.42. The van der Waals surface area contributed by atoms with Crippen molar-refractivity contribution in [2.45, 2.75) is 26.4 Å². The Kier molecular flexibility index (Phi) is 6.08. The zero-order chi connectivity index (χ0) is 19.1. The maximum atomic E-state index is 12.0. The van der Waals surface area contributed by atoms with Crippen LogP contribution in [0.1, 0.15) is 13.3 Å². The molecule has 0 unspecified atom stereocenters. The van der Waals surface area contributed by atoms with Crippen molar-refractivity contribution in [3.8, 4) is 0 Å². The second-order valence-electron chi connectivity index (χ2n) is 4.98. The minimum Gasteiger partial charge on any atom is -0.466 e. The molecule has 2 aromatic rings. The van der Waals surface area contributed by atoms with Gasteiger partial charge in [0.2, 0.25) is 0 Å². The van der Waals surface area contributed by atoms with Crippen LogP contribution in [0, 0.1) is 0 Å². The summed E-state index contributed by atoms with van der Waals surface area (Å²) < 4.78 is 8.39. The topological polar surface area (TPSA) is 149 Å². The normalized spacial score (nSPS) is 11.5. The van der Waals surface area contributed by atoms with Gasteiger partial charge in [-0.15, -0.1) is 0 Å². The van der Waals surface area contributed by atoms with Crippen LogP contribution in [0.5, 0.6) is 0 Å². The Morgan fingerprint density at radius 2 is 1.42 bits per heavy atom. The Balaban J connectivity index is 1.97. The molecule has 0 aliphatic rings. The number of allylic oxidation sites excluding steroid dienone is 1. The molecule has 0 spiro atoms. The number of methoxy groups -OCH3 is 1. The number of nitrogens with zero attached hydrogens (tertiary/aromatic N) is 8. The summed E-state index contributed by atoms with van der Waals surface area (Å²) in [4.78, 5) is 45.8. The third-order valence-corrected chi connectivity index (χ3v) is 3.07. The minimum atomic E-state index is -0.632. The maximum absolute atomic E-state index is 12.0. The molecule has 0 fully saturated rings. The van der Waals surface area contributed by atoms with Crippen LogP contribution in [-0.2, 0) is 27.4 Å². The summed E-state index contributed by atoms with van der Waals surface area (Å²) in [5.41, 5.74) is -1.06. The molecule has 26 heavy (non-hydrogen) atoms. The van der Waals surface area contributed by atoms with Crippen LogP contribution in [0.4, 0.5) is 0 Å². The molecule has 0 bridgehead atoms. The van der Waals surface area contributed by atoms with Gasteiger partial charge in [0.15, 0.2) is 5.78 Å². The zero-order valence-corrected chi connectivity index (χ0v) is 14.0. The Hall–Kier alpha value is -3.64. The van der Waals surface area contributed by atoms with E-state index < -0.39 is 17.3 Å². The van der Waals surface area contributed by atoms with Crippen molar-refractivity contribution in [2.24, 2.45) is 0 Å². The first kappa shape index (κ1) is 18.7. The van der Waals surface area contributed by atoms with Gasteiger partial charge in [0, 0.05) is 18.5 Å². The lowest BCUT2D eigenvalue weighted by atomic mass is 10.4. The van der Waals surface area contributed by atoms with Crippen molar-refractivity contribution in [2.75, 3.05) is 7.11 Å². The number of ether oxygens (including phenoxy) is 1. The molecule has 13 nitrogen and oxygen atoms in total. The number of aromatic nitrogens is 8. The molecule has 2 rings (SSSR count). The smallest absolute Gasteiger partial charge is 0.367 e. The van der Waals surface area contributed by atoms with Crippen molar-refractivity contribution in [3.05, 3.63) is 33.1 Å². The average Bonchev–Trinajstić information content (AvgIpc) is 3.14. The number of rotatable bonds is 8. The van der Waals surface area contributed by atoms with Crippen molar-refractivity contribution < 1.29 is 14.3 Å². The maximum Gasteiger partial charge on any atom is 0.367 e. The number of hydrogen-bond donors (Lipinski definition) is 0. The highest BCUT2D eigenvalue weighted by molar-refractivity contribution is 5.89. The fourth-order valence-electron chi connectivity index (χ4n) is 1.79. The lowest BCUT2D eigenvalue weighted by Crippen LogP contribution is -2.26. The predicted octanol–water partition coefficient (Wildman–Crippen LogP) is -2.01. The number of esters is 1. The van der Waals surface area contributed by atoms with E-state index in [9.17, 15) is 19.2 Å². The van der Waals surface area contributed by atoms with Gasteiger partial charge in [-0.3, -0.25) is 4.79 Å². The minimum absolute atomic E-state index is 0.174. The molecule has 0 aliphatic heterocycles. The molecule has 0 radical (unpaired) electrons. The van der Waals surface area contributed by atoms with E-state index in [1.54, 1.807) is 0 Å². The summed E-state index contributed by atoms with van der Waals surface area (Å²) >= 11 is 0. The fraction of sp³-hybridized carbons (Fsp3) is 0.385. The summed E-state index contributed by atoms with van der Waals surface area (Å²) in [6.45, 7) is 1.70. The first-order valence-corrected chi connectivity index (χ1v) is 7.42. The van der Waals surface area contributed by atoms with Gasteiger partial charge >= 0.3 is 17.3 Å². The SMILES string of the molecule is COC(=O)/C=C\n1nnn(CCCn2nnn(/C=C/C(C)=O)c2=O)c1=O. The highest BCUT2D eigenvalue weighted by atomic mass is 16.5. The van der Waals surface area contributed by atoms with E-state index in [0.717, 1.165) is 31.0 Å². The van der Waals surface area contributed by atoms with E-state index in [2.05, 4.69) is 25.6 Å². The zero-order valence-electron chi connectivity index (χ0n) is 14.0. The van der Waals surface area contributed by atoms with Gasteiger partial charge in [0.25, 0.3) is 0 Å². The Labute approximate surface area is 145 Å². The molecule has 2 heterocycles. The van der Waals surface area contributed by atoms with Crippen LogP contribution in [-0.4, -0.2) is 58.4 Å². The Morgan fingerprint density at radius 1 is 0.923 bits per heavy atom. The van der Waals surface area contributed by atoms with E-state index in [-0.39, 0.29) is 18.9 Å². The second-order valence-corrected chi connectivity index (χ2v) is 4.98. The number of carbonyl (C=O) groups excluding carboxylic acids is 2. The van der Waals surface area contributed by atoms with Gasteiger partial charge in [-0.2, -0.15) is 18.7 Å². The number of aryl methyl sites for hydroxylation is 2. The van der Waals surface area contributed by atoms with Crippen LogP contribution in [0.15, 0.2) is 21.7 Å². The molecule has 0 N–H and O–H groups in total. The van der Waals surface area contributed by atoms with Crippen LogP contribution in [0.2, 0.25) is 0 Å². The summed E-state index contributed by atoms with van der Waals surface area (Å²) in [7, 11) is 1.21. The van der Waals surface area contributed by atoms with Crippen LogP contribution < -0.4 is 11.4 Å². The van der Waals surface area contributed by atoms with Gasteiger partial charge in [0.1, 0.15) is 0 Å². The molecule has 2 aromatic heterocycles. The second kappa shape index (κ2) is 8.46. The molecule has 0 aliphatic carbocycles. The summed E-state index contributed by atoms with van der Waals surface area (Å²) in [5, 5.41) is 14.5. The van der Waals surface area contributed by atoms with Crippen molar-refractivity contribution in [3.63, 3.8) is 0 Å². The van der Waals surface area contributed by atoms with Gasteiger partial charge in [0.05, 0.1) is 20.2 Å². The van der Waals surface area contributed by atoms with Gasteiger partial charge < -0.3 is 4.74 Å². The third kappa shape index (κ3) is 4.68. The van der Waals surface area contributed by atoms with Crippen LogP contribution in [0.25, 0.3) is 12.4 Å². The fourth-order valence-corrected chi connectivity index (χ4v) is 1.79. The van der Waals surface area contributed by atoms with Crippen molar-refractivity contribution in [1.82, 2.24) is 39.6 Å². The van der Waals surface area contributed by atoms with Crippen LogP contribution >= 0.6 is 0 Å². The predicted molar refractivity (Wildman–Crippen MR) is 86.5 cm³/mol. The summed E-state index contributed by atoms with van der Waals surface area (Å²) in [6.07, 6.45) is 4.94. The van der Waals surface area contributed by atoms with Gasteiger partial charge in [-0.25, -0.2) is 14.4 Å². The summed E-state index contributed by atoms with van der Waals surface area (Å²) in [6, 6.07) is 0. The van der Waals surface area contributed by atoms with E-state index in [1.807, 2.05) is 0 Å².